The minimum atomic E-state index is -0.0921. The average Bonchev–Trinajstić information content (AvgIpc) is 3.32. The van der Waals surface area contributed by atoms with Crippen molar-refractivity contribution in [3.63, 3.8) is 0 Å². The zero-order valence-electron chi connectivity index (χ0n) is 18.8. The topological polar surface area (TPSA) is 76.3 Å². The SMILES string of the molecule is CCn1c2ccccc2c2cc(NC(=O)C[C@H](C)CC(=O)NCc3ccc(C)o3)ccc21. The largest absolute Gasteiger partial charge is 0.465 e. The first-order valence-electron chi connectivity index (χ1n) is 11.1. The molecule has 2 heterocycles. The highest BCUT2D eigenvalue weighted by Gasteiger charge is 2.15. The molecular weight excluding hydrogens is 402 g/mol. The fourth-order valence-electron chi connectivity index (χ4n) is 4.23. The van der Waals surface area contributed by atoms with E-state index in [2.05, 4.69) is 40.3 Å². The number of furan rings is 1. The van der Waals surface area contributed by atoms with Gasteiger partial charge in [0.15, 0.2) is 0 Å². The van der Waals surface area contributed by atoms with E-state index in [1.165, 1.54) is 10.9 Å². The van der Waals surface area contributed by atoms with Crippen LogP contribution in [0.2, 0.25) is 0 Å². The number of fused-ring (bicyclic) bond motifs is 3. The Balaban J connectivity index is 1.36. The van der Waals surface area contributed by atoms with E-state index in [9.17, 15) is 9.59 Å². The van der Waals surface area contributed by atoms with Gasteiger partial charge in [0.2, 0.25) is 11.8 Å². The number of carbonyl (C=O) groups is 2. The van der Waals surface area contributed by atoms with Gasteiger partial charge in [-0.3, -0.25) is 9.59 Å². The maximum atomic E-state index is 12.6. The van der Waals surface area contributed by atoms with Crippen LogP contribution in [-0.2, 0) is 22.7 Å². The first kappa shape index (κ1) is 21.7. The second-order valence-corrected chi connectivity index (χ2v) is 8.34. The van der Waals surface area contributed by atoms with Crippen molar-refractivity contribution < 1.29 is 14.0 Å². The maximum Gasteiger partial charge on any atom is 0.224 e. The van der Waals surface area contributed by atoms with Crippen LogP contribution in [0.25, 0.3) is 21.8 Å². The highest BCUT2D eigenvalue weighted by Crippen LogP contribution is 2.31. The van der Waals surface area contributed by atoms with E-state index < -0.39 is 0 Å². The normalized spacial score (nSPS) is 12.2. The second-order valence-electron chi connectivity index (χ2n) is 8.34. The number of nitrogens with zero attached hydrogens (tertiary/aromatic N) is 1. The Labute approximate surface area is 187 Å². The van der Waals surface area contributed by atoms with Crippen molar-refractivity contribution in [3.05, 3.63) is 66.1 Å². The Kier molecular flexibility index (Phi) is 6.30. The minimum Gasteiger partial charge on any atom is -0.465 e. The van der Waals surface area contributed by atoms with Gasteiger partial charge in [0.05, 0.1) is 6.54 Å². The number of amides is 2. The van der Waals surface area contributed by atoms with Crippen LogP contribution in [0.1, 0.15) is 38.2 Å². The lowest BCUT2D eigenvalue weighted by molar-refractivity contribution is -0.122. The third-order valence-corrected chi connectivity index (χ3v) is 5.70. The van der Waals surface area contributed by atoms with E-state index in [0.717, 1.165) is 34.7 Å². The van der Waals surface area contributed by atoms with Crippen LogP contribution in [-0.4, -0.2) is 16.4 Å². The number of hydrogen-bond acceptors (Lipinski definition) is 3. The molecule has 1 atom stereocenters. The number of hydrogen-bond donors (Lipinski definition) is 2. The Morgan fingerprint density at radius 2 is 1.72 bits per heavy atom. The van der Waals surface area contributed by atoms with E-state index in [4.69, 9.17) is 4.42 Å². The van der Waals surface area contributed by atoms with Gasteiger partial charge in [0, 0.05) is 46.9 Å². The van der Waals surface area contributed by atoms with Crippen LogP contribution < -0.4 is 10.6 Å². The monoisotopic (exact) mass is 431 g/mol. The molecule has 2 aromatic carbocycles. The summed E-state index contributed by atoms with van der Waals surface area (Å²) in [5.41, 5.74) is 3.12. The summed E-state index contributed by atoms with van der Waals surface area (Å²) in [7, 11) is 0. The number of aryl methyl sites for hydroxylation is 2. The predicted molar refractivity (Wildman–Crippen MR) is 127 cm³/mol. The van der Waals surface area contributed by atoms with Crippen LogP contribution in [0, 0.1) is 12.8 Å². The number of aromatic nitrogens is 1. The van der Waals surface area contributed by atoms with Crippen molar-refractivity contribution in [2.75, 3.05) is 5.32 Å². The Morgan fingerprint density at radius 1 is 0.969 bits per heavy atom. The van der Waals surface area contributed by atoms with E-state index in [-0.39, 0.29) is 30.6 Å². The molecule has 166 valence electrons. The van der Waals surface area contributed by atoms with Crippen molar-refractivity contribution >= 4 is 39.3 Å². The summed E-state index contributed by atoms with van der Waals surface area (Å²) < 4.78 is 7.73. The van der Waals surface area contributed by atoms with Crippen molar-refractivity contribution in [1.82, 2.24) is 9.88 Å². The molecule has 0 saturated carbocycles. The zero-order valence-corrected chi connectivity index (χ0v) is 18.8. The number of nitrogens with one attached hydrogen (secondary N) is 2. The molecule has 2 amide bonds. The van der Waals surface area contributed by atoms with Gasteiger partial charge in [-0.25, -0.2) is 0 Å². The van der Waals surface area contributed by atoms with Crippen LogP contribution >= 0.6 is 0 Å². The van der Waals surface area contributed by atoms with Crippen LogP contribution in [0.3, 0.4) is 0 Å². The summed E-state index contributed by atoms with van der Waals surface area (Å²) in [5.74, 6) is 1.29. The lowest BCUT2D eigenvalue weighted by Crippen LogP contribution is -2.25. The highest BCUT2D eigenvalue weighted by atomic mass is 16.3. The van der Waals surface area contributed by atoms with E-state index in [0.29, 0.717) is 6.54 Å². The average molecular weight is 432 g/mol. The molecule has 0 saturated heterocycles. The molecule has 6 nitrogen and oxygen atoms in total. The molecule has 4 aromatic rings. The van der Waals surface area contributed by atoms with Crippen LogP contribution in [0.5, 0.6) is 0 Å². The molecule has 6 heteroatoms. The fraction of sp³-hybridized carbons (Fsp3) is 0.308. The number of carbonyl (C=O) groups excluding carboxylic acids is 2. The van der Waals surface area contributed by atoms with Gasteiger partial charge in [-0.05, 0) is 56.2 Å². The summed E-state index contributed by atoms with van der Waals surface area (Å²) in [4.78, 5) is 24.8. The lowest BCUT2D eigenvalue weighted by Gasteiger charge is -2.12. The first-order valence-corrected chi connectivity index (χ1v) is 11.1. The van der Waals surface area contributed by atoms with Gasteiger partial charge in [0.25, 0.3) is 0 Å². The lowest BCUT2D eigenvalue weighted by atomic mass is 10.0. The second kappa shape index (κ2) is 9.30. The molecule has 0 bridgehead atoms. The predicted octanol–water partition coefficient (Wildman–Crippen LogP) is 5.39. The molecule has 0 aliphatic heterocycles. The summed E-state index contributed by atoms with van der Waals surface area (Å²) in [5, 5.41) is 8.14. The quantitative estimate of drug-likeness (QED) is 0.393. The molecule has 0 unspecified atom stereocenters. The maximum absolute atomic E-state index is 12.6. The Bertz CT molecular complexity index is 1270. The van der Waals surface area contributed by atoms with Crippen LogP contribution in [0.15, 0.2) is 59.0 Å². The summed E-state index contributed by atoms with van der Waals surface area (Å²) in [6.45, 7) is 7.15. The van der Waals surface area contributed by atoms with Crippen molar-refractivity contribution in [1.29, 1.82) is 0 Å². The number of para-hydroxylation sites is 1. The van der Waals surface area contributed by atoms with Crippen molar-refractivity contribution in [2.45, 2.75) is 46.7 Å². The summed E-state index contributed by atoms with van der Waals surface area (Å²) in [6.07, 6.45) is 0.568. The van der Waals surface area contributed by atoms with Gasteiger partial charge in [-0.1, -0.05) is 25.1 Å². The van der Waals surface area contributed by atoms with E-state index >= 15 is 0 Å². The van der Waals surface area contributed by atoms with Gasteiger partial charge < -0.3 is 19.6 Å². The van der Waals surface area contributed by atoms with Crippen molar-refractivity contribution in [2.24, 2.45) is 5.92 Å². The zero-order chi connectivity index (χ0) is 22.7. The van der Waals surface area contributed by atoms with Crippen LogP contribution in [0.4, 0.5) is 5.69 Å². The number of benzene rings is 2. The third kappa shape index (κ3) is 4.69. The molecule has 0 fully saturated rings. The smallest absolute Gasteiger partial charge is 0.224 e. The van der Waals surface area contributed by atoms with Gasteiger partial charge >= 0.3 is 0 Å². The summed E-state index contributed by atoms with van der Waals surface area (Å²) in [6, 6.07) is 18.1. The summed E-state index contributed by atoms with van der Waals surface area (Å²) >= 11 is 0. The third-order valence-electron chi connectivity index (χ3n) is 5.70. The van der Waals surface area contributed by atoms with E-state index in [1.54, 1.807) is 0 Å². The molecule has 0 aliphatic rings. The van der Waals surface area contributed by atoms with Gasteiger partial charge in [-0.2, -0.15) is 0 Å². The Hall–Kier alpha value is -3.54. The fourth-order valence-corrected chi connectivity index (χ4v) is 4.23. The standard InChI is InChI=1S/C26H29N3O3/c1-4-29-23-8-6-5-7-21(23)22-15-19(10-12-24(22)29)28-26(31)14-17(2)13-25(30)27-16-20-11-9-18(3)32-20/h5-12,15,17H,4,13-14,16H2,1-3H3,(H,27,30)(H,28,31)/t17-/m1/s1. The minimum absolute atomic E-state index is 0.0703. The molecule has 4 rings (SSSR count). The van der Waals surface area contributed by atoms with Gasteiger partial charge in [-0.15, -0.1) is 0 Å². The molecule has 0 spiro atoms. The molecule has 0 radical (unpaired) electrons. The first-order chi connectivity index (χ1) is 15.4. The number of rotatable bonds is 8. The molecule has 2 aromatic heterocycles. The highest BCUT2D eigenvalue weighted by molar-refractivity contribution is 6.09. The molecule has 2 N–H and O–H groups in total. The number of anilines is 1. The Morgan fingerprint density at radius 3 is 2.47 bits per heavy atom. The molecule has 0 aliphatic carbocycles. The molecule has 32 heavy (non-hydrogen) atoms. The van der Waals surface area contributed by atoms with Crippen molar-refractivity contribution in [3.8, 4) is 0 Å². The molecular formula is C26H29N3O3. The van der Waals surface area contributed by atoms with E-state index in [1.807, 2.05) is 50.2 Å². The van der Waals surface area contributed by atoms with Gasteiger partial charge in [0.1, 0.15) is 11.5 Å².